The third-order valence-corrected chi connectivity index (χ3v) is 4.14. The lowest BCUT2D eigenvalue weighted by molar-refractivity contribution is -0.389. The van der Waals surface area contributed by atoms with Gasteiger partial charge in [0, 0.05) is 17.8 Å². The topological polar surface area (TPSA) is 133 Å². The average Bonchev–Trinajstić information content (AvgIpc) is 3.12. The van der Waals surface area contributed by atoms with Gasteiger partial charge in [-0.25, -0.2) is 0 Å². The Morgan fingerprint density at radius 1 is 1.29 bits per heavy atom. The minimum Gasteiger partial charge on any atom is -0.475 e. The second-order valence-corrected chi connectivity index (χ2v) is 6.05. The van der Waals surface area contributed by atoms with E-state index in [-0.39, 0.29) is 24.9 Å². The minimum absolute atomic E-state index is 0.0712. The molecule has 0 bridgehead atoms. The normalized spacial score (nSPS) is 17.0. The highest BCUT2D eigenvalue weighted by Crippen LogP contribution is 2.35. The Morgan fingerprint density at radius 3 is 2.82 bits per heavy atom. The maximum Gasteiger partial charge on any atom is 0.366 e. The standard InChI is InChI=1S/C17H14N4O7/c1-9-17(23)20(16-12(28-9)4-5-14(19-16)21(24)25)7-15(22)18-10-2-3-11-13(6-10)27-8-26-11/h2-6,9H,7-8H2,1H3,(H,18,22). The summed E-state index contributed by atoms with van der Waals surface area (Å²) in [5.41, 5.74) is 0.454. The Labute approximate surface area is 158 Å². The lowest BCUT2D eigenvalue weighted by Crippen LogP contribution is -2.48. The van der Waals surface area contributed by atoms with Crippen molar-refractivity contribution in [1.82, 2.24) is 4.98 Å². The molecular formula is C17H14N4O7. The Hall–Kier alpha value is -3.89. The van der Waals surface area contributed by atoms with Crippen LogP contribution in [0.25, 0.3) is 0 Å². The molecule has 11 heteroatoms. The van der Waals surface area contributed by atoms with E-state index >= 15 is 0 Å². The molecule has 1 N–H and O–H groups in total. The number of carbonyl (C=O) groups excluding carboxylic acids is 2. The van der Waals surface area contributed by atoms with Crippen molar-refractivity contribution in [3.63, 3.8) is 0 Å². The summed E-state index contributed by atoms with van der Waals surface area (Å²) < 4.78 is 15.9. The number of hydrogen-bond donors (Lipinski definition) is 1. The number of benzene rings is 1. The number of rotatable bonds is 4. The molecule has 1 atom stereocenters. The van der Waals surface area contributed by atoms with Crippen molar-refractivity contribution in [3.8, 4) is 17.2 Å². The molecule has 1 unspecified atom stereocenters. The molecule has 2 aliphatic rings. The Morgan fingerprint density at radius 2 is 2.04 bits per heavy atom. The number of nitrogens with one attached hydrogen (secondary N) is 1. The van der Waals surface area contributed by atoms with Gasteiger partial charge >= 0.3 is 5.82 Å². The first-order chi connectivity index (χ1) is 13.4. The van der Waals surface area contributed by atoms with Gasteiger partial charge in [-0.3, -0.25) is 14.5 Å². The molecule has 0 fully saturated rings. The average molecular weight is 386 g/mol. The number of nitrogens with zero attached hydrogens (tertiary/aromatic N) is 3. The molecule has 2 amide bonds. The Bertz CT molecular complexity index is 993. The van der Waals surface area contributed by atoms with Gasteiger partial charge in [0.05, 0.1) is 0 Å². The summed E-state index contributed by atoms with van der Waals surface area (Å²) in [5, 5.41) is 13.6. The zero-order valence-electron chi connectivity index (χ0n) is 14.6. The van der Waals surface area contributed by atoms with E-state index in [2.05, 4.69) is 10.3 Å². The van der Waals surface area contributed by atoms with Crippen molar-refractivity contribution in [2.45, 2.75) is 13.0 Å². The molecule has 4 rings (SSSR count). The second-order valence-electron chi connectivity index (χ2n) is 6.05. The summed E-state index contributed by atoms with van der Waals surface area (Å²) in [4.78, 5) is 40.2. The van der Waals surface area contributed by atoms with Gasteiger partial charge in [-0.15, -0.1) is 0 Å². The highest BCUT2D eigenvalue weighted by molar-refractivity contribution is 6.05. The Balaban J connectivity index is 1.56. The zero-order chi connectivity index (χ0) is 19.8. The van der Waals surface area contributed by atoms with Crippen molar-refractivity contribution in [2.75, 3.05) is 23.6 Å². The SMILES string of the molecule is CC1Oc2ccc([N+](=O)[O-])nc2N(CC(=O)Nc2ccc3c(c2)OCO3)C1=O. The molecule has 3 heterocycles. The summed E-state index contributed by atoms with van der Waals surface area (Å²) in [6.07, 6.45) is -0.853. The number of amides is 2. The molecule has 1 aromatic carbocycles. The van der Waals surface area contributed by atoms with Crippen LogP contribution in [0.2, 0.25) is 0 Å². The first-order valence-electron chi connectivity index (χ1n) is 8.25. The molecule has 2 aliphatic heterocycles. The maximum absolute atomic E-state index is 12.5. The quantitative estimate of drug-likeness (QED) is 0.617. The fraction of sp³-hybridized carbons (Fsp3) is 0.235. The summed E-state index contributed by atoms with van der Waals surface area (Å²) >= 11 is 0. The number of fused-ring (bicyclic) bond motifs is 2. The van der Waals surface area contributed by atoms with Crippen LogP contribution in [0.15, 0.2) is 30.3 Å². The van der Waals surface area contributed by atoms with Gasteiger partial charge in [0.25, 0.3) is 11.7 Å². The van der Waals surface area contributed by atoms with Crippen LogP contribution >= 0.6 is 0 Å². The first-order valence-corrected chi connectivity index (χ1v) is 8.25. The van der Waals surface area contributed by atoms with E-state index in [1.54, 1.807) is 18.2 Å². The van der Waals surface area contributed by atoms with Gasteiger partial charge in [0.1, 0.15) is 6.54 Å². The summed E-state index contributed by atoms with van der Waals surface area (Å²) in [6.45, 7) is 1.24. The molecule has 1 aromatic heterocycles. The number of pyridine rings is 1. The van der Waals surface area contributed by atoms with E-state index in [1.165, 1.54) is 19.1 Å². The second kappa shape index (κ2) is 6.68. The molecule has 144 valence electrons. The number of nitro groups is 1. The molecule has 0 spiro atoms. The minimum atomic E-state index is -0.853. The summed E-state index contributed by atoms with van der Waals surface area (Å²) in [5.74, 6) is -0.309. The zero-order valence-corrected chi connectivity index (χ0v) is 14.6. The van der Waals surface area contributed by atoms with Crippen LogP contribution in [0.1, 0.15) is 6.92 Å². The largest absolute Gasteiger partial charge is 0.475 e. The van der Waals surface area contributed by atoms with Crippen LogP contribution in [-0.4, -0.2) is 41.2 Å². The van der Waals surface area contributed by atoms with Gasteiger partial charge in [-0.1, -0.05) is 0 Å². The fourth-order valence-electron chi connectivity index (χ4n) is 2.85. The van der Waals surface area contributed by atoms with Gasteiger partial charge in [-0.2, -0.15) is 0 Å². The van der Waals surface area contributed by atoms with Gasteiger partial charge in [0.2, 0.25) is 12.7 Å². The molecular weight excluding hydrogens is 372 g/mol. The van der Waals surface area contributed by atoms with E-state index < -0.39 is 28.7 Å². The summed E-state index contributed by atoms with van der Waals surface area (Å²) in [6, 6.07) is 7.41. The predicted octanol–water partition coefficient (Wildman–Crippen LogP) is 1.47. The predicted molar refractivity (Wildman–Crippen MR) is 94.5 cm³/mol. The van der Waals surface area contributed by atoms with E-state index in [0.717, 1.165) is 4.90 Å². The molecule has 11 nitrogen and oxygen atoms in total. The lowest BCUT2D eigenvalue weighted by atomic mass is 10.2. The van der Waals surface area contributed by atoms with Crippen molar-refractivity contribution in [1.29, 1.82) is 0 Å². The van der Waals surface area contributed by atoms with Gasteiger partial charge in [0.15, 0.2) is 23.4 Å². The van der Waals surface area contributed by atoms with E-state index in [1.807, 2.05) is 0 Å². The number of anilines is 2. The van der Waals surface area contributed by atoms with E-state index in [4.69, 9.17) is 14.2 Å². The highest BCUT2D eigenvalue weighted by Gasteiger charge is 2.37. The molecule has 2 aromatic rings. The first kappa shape index (κ1) is 17.5. The van der Waals surface area contributed by atoms with Crippen molar-refractivity contribution in [2.24, 2.45) is 0 Å². The van der Waals surface area contributed by atoms with Crippen LogP contribution in [0, 0.1) is 10.1 Å². The third kappa shape index (κ3) is 3.13. The molecule has 28 heavy (non-hydrogen) atoms. The number of carbonyl (C=O) groups is 2. The third-order valence-electron chi connectivity index (χ3n) is 4.14. The smallest absolute Gasteiger partial charge is 0.366 e. The number of aromatic nitrogens is 1. The maximum atomic E-state index is 12.5. The summed E-state index contributed by atoms with van der Waals surface area (Å²) in [7, 11) is 0. The van der Waals surface area contributed by atoms with Crippen LogP contribution in [0.5, 0.6) is 17.2 Å². The molecule has 0 radical (unpaired) electrons. The molecule has 0 saturated heterocycles. The van der Waals surface area contributed by atoms with Crippen molar-refractivity contribution < 1.29 is 28.7 Å². The molecule has 0 saturated carbocycles. The van der Waals surface area contributed by atoms with E-state index in [0.29, 0.717) is 17.2 Å². The van der Waals surface area contributed by atoms with Crippen molar-refractivity contribution in [3.05, 3.63) is 40.4 Å². The highest BCUT2D eigenvalue weighted by atomic mass is 16.7. The Kier molecular flexibility index (Phi) is 4.18. The van der Waals surface area contributed by atoms with Crippen LogP contribution in [0.4, 0.5) is 17.3 Å². The fourth-order valence-corrected chi connectivity index (χ4v) is 2.85. The number of ether oxygens (including phenoxy) is 3. The van der Waals surface area contributed by atoms with Crippen molar-refractivity contribution >= 4 is 29.1 Å². The van der Waals surface area contributed by atoms with E-state index in [9.17, 15) is 19.7 Å². The van der Waals surface area contributed by atoms with Crippen LogP contribution in [0.3, 0.4) is 0 Å². The van der Waals surface area contributed by atoms with Crippen LogP contribution in [-0.2, 0) is 9.59 Å². The van der Waals surface area contributed by atoms with Crippen LogP contribution < -0.4 is 24.4 Å². The van der Waals surface area contributed by atoms with Gasteiger partial charge < -0.3 is 29.6 Å². The van der Waals surface area contributed by atoms with Gasteiger partial charge in [-0.05, 0) is 35.0 Å². The molecule has 0 aliphatic carbocycles. The number of hydrogen-bond acceptors (Lipinski definition) is 8. The lowest BCUT2D eigenvalue weighted by Gasteiger charge is -2.28. The monoisotopic (exact) mass is 386 g/mol.